The maximum atomic E-state index is 12.0. The number of ether oxygens (including phenoxy) is 1. The fourth-order valence-electron chi connectivity index (χ4n) is 1.67. The van der Waals surface area contributed by atoms with Gasteiger partial charge < -0.3 is 4.74 Å². The topological polar surface area (TPSA) is 26.3 Å². The van der Waals surface area contributed by atoms with E-state index in [0.29, 0.717) is 11.5 Å². The number of benzene rings is 1. The molecule has 0 N–H and O–H groups in total. The number of rotatable bonds is 3. The second-order valence-electron chi connectivity index (χ2n) is 5.76. The molecule has 17 heavy (non-hydrogen) atoms. The molecule has 0 aromatic heterocycles. The van der Waals surface area contributed by atoms with Crippen LogP contribution in [0.15, 0.2) is 24.3 Å². The molecule has 0 heterocycles. The van der Waals surface area contributed by atoms with Crippen molar-refractivity contribution in [2.45, 2.75) is 46.6 Å². The van der Waals surface area contributed by atoms with Gasteiger partial charge >= 0.3 is 5.97 Å². The fourth-order valence-corrected chi connectivity index (χ4v) is 1.67. The Labute approximate surface area is 104 Å². The predicted octanol–water partition coefficient (Wildman–Crippen LogP) is 3.84. The minimum absolute atomic E-state index is 0.228. The Kier molecular flexibility index (Phi) is 4.33. The first-order chi connectivity index (χ1) is 7.79. The van der Waals surface area contributed by atoms with Gasteiger partial charge in [-0.25, -0.2) is 4.79 Å². The molecule has 1 aromatic carbocycles. The van der Waals surface area contributed by atoms with Gasteiger partial charge in [-0.05, 0) is 44.7 Å². The van der Waals surface area contributed by atoms with Gasteiger partial charge in [0.15, 0.2) is 0 Å². The summed E-state index contributed by atoms with van der Waals surface area (Å²) in [5.41, 5.74) is 1.31. The summed E-state index contributed by atoms with van der Waals surface area (Å²) in [6.07, 6.45) is 0.898. The van der Waals surface area contributed by atoms with Crippen molar-refractivity contribution in [1.82, 2.24) is 0 Å². The smallest absolute Gasteiger partial charge is 0.338 e. The summed E-state index contributed by atoms with van der Waals surface area (Å²) in [6.45, 7) is 9.94. The standard InChI is InChI=1S/C15H22O2/c1-11(2)10-12-8-6-7-9-13(12)14(16)17-15(3,4)5/h6-9,11H,10H2,1-5H3. The molecule has 0 bridgehead atoms. The normalized spacial score (nSPS) is 11.6. The molecule has 0 aliphatic rings. The van der Waals surface area contributed by atoms with Crippen LogP contribution in [0.4, 0.5) is 0 Å². The molecular formula is C15H22O2. The lowest BCUT2D eigenvalue weighted by molar-refractivity contribution is 0.00682. The number of carbonyl (C=O) groups is 1. The summed E-state index contributed by atoms with van der Waals surface area (Å²) in [5, 5.41) is 0. The summed E-state index contributed by atoms with van der Waals surface area (Å²) >= 11 is 0. The Balaban J connectivity index is 2.93. The van der Waals surface area contributed by atoms with Crippen molar-refractivity contribution < 1.29 is 9.53 Å². The molecule has 0 saturated carbocycles. The second kappa shape index (κ2) is 5.35. The highest BCUT2D eigenvalue weighted by atomic mass is 16.6. The van der Waals surface area contributed by atoms with E-state index in [1.807, 2.05) is 45.0 Å². The lowest BCUT2D eigenvalue weighted by Crippen LogP contribution is -2.24. The Morgan fingerprint density at radius 1 is 1.24 bits per heavy atom. The molecule has 0 amide bonds. The van der Waals surface area contributed by atoms with E-state index >= 15 is 0 Å². The van der Waals surface area contributed by atoms with Crippen molar-refractivity contribution >= 4 is 5.97 Å². The fraction of sp³-hybridized carbons (Fsp3) is 0.533. The van der Waals surface area contributed by atoms with Gasteiger partial charge in [0.05, 0.1) is 5.56 Å². The monoisotopic (exact) mass is 234 g/mol. The van der Waals surface area contributed by atoms with Crippen molar-refractivity contribution in [3.8, 4) is 0 Å². The molecule has 0 saturated heterocycles. The number of hydrogen-bond acceptors (Lipinski definition) is 2. The molecule has 2 heteroatoms. The summed E-state index contributed by atoms with van der Waals surface area (Å²) < 4.78 is 5.41. The van der Waals surface area contributed by atoms with E-state index in [9.17, 15) is 4.79 Å². The average Bonchev–Trinajstić information content (AvgIpc) is 2.14. The highest BCUT2D eigenvalue weighted by molar-refractivity contribution is 5.91. The van der Waals surface area contributed by atoms with Gasteiger partial charge in [-0.3, -0.25) is 0 Å². The summed E-state index contributed by atoms with van der Waals surface area (Å²) in [7, 11) is 0. The van der Waals surface area contributed by atoms with E-state index in [2.05, 4.69) is 13.8 Å². The van der Waals surface area contributed by atoms with Crippen LogP contribution in [-0.2, 0) is 11.2 Å². The van der Waals surface area contributed by atoms with Crippen molar-refractivity contribution in [1.29, 1.82) is 0 Å². The van der Waals surface area contributed by atoms with Gasteiger partial charge in [-0.2, -0.15) is 0 Å². The minimum Gasteiger partial charge on any atom is -0.456 e. The third-order valence-electron chi connectivity index (χ3n) is 2.26. The molecular weight excluding hydrogens is 212 g/mol. The van der Waals surface area contributed by atoms with Gasteiger partial charge in [0, 0.05) is 0 Å². The highest BCUT2D eigenvalue weighted by Crippen LogP contribution is 2.18. The maximum absolute atomic E-state index is 12.0. The van der Waals surface area contributed by atoms with E-state index in [0.717, 1.165) is 12.0 Å². The third-order valence-corrected chi connectivity index (χ3v) is 2.26. The van der Waals surface area contributed by atoms with Gasteiger partial charge in [0.25, 0.3) is 0 Å². The number of hydrogen-bond donors (Lipinski definition) is 0. The van der Waals surface area contributed by atoms with Crippen LogP contribution >= 0.6 is 0 Å². The van der Waals surface area contributed by atoms with E-state index in [4.69, 9.17) is 4.74 Å². The van der Waals surface area contributed by atoms with E-state index in [1.54, 1.807) is 0 Å². The minimum atomic E-state index is -0.442. The van der Waals surface area contributed by atoms with Crippen LogP contribution in [-0.4, -0.2) is 11.6 Å². The Hall–Kier alpha value is -1.31. The predicted molar refractivity (Wildman–Crippen MR) is 70.2 cm³/mol. The molecule has 1 rings (SSSR count). The summed E-state index contributed by atoms with van der Waals surface area (Å²) in [4.78, 5) is 12.0. The van der Waals surface area contributed by atoms with Gasteiger partial charge in [0.1, 0.15) is 5.60 Å². The molecule has 0 aliphatic heterocycles. The first-order valence-electron chi connectivity index (χ1n) is 6.11. The van der Waals surface area contributed by atoms with E-state index in [1.165, 1.54) is 0 Å². The lowest BCUT2D eigenvalue weighted by atomic mass is 9.98. The molecule has 0 fully saturated rings. The SMILES string of the molecule is CC(C)Cc1ccccc1C(=O)OC(C)(C)C. The number of carbonyl (C=O) groups excluding carboxylic acids is 1. The van der Waals surface area contributed by atoms with Gasteiger partial charge in [0.2, 0.25) is 0 Å². The lowest BCUT2D eigenvalue weighted by Gasteiger charge is -2.20. The van der Waals surface area contributed by atoms with Crippen LogP contribution in [0.3, 0.4) is 0 Å². The molecule has 0 atom stereocenters. The van der Waals surface area contributed by atoms with Gasteiger partial charge in [-0.15, -0.1) is 0 Å². The third kappa shape index (κ3) is 4.59. The molecule has 1 aromatic rings. The first-order valence-corrected chi connectivity index (χ1v) is 6.11. The quantitative estimate of drug-likeness (QED) is 0.743. The van der Waals surface area contributed by atoms with Crippen LogP contribution in [0, 0.1) is 5.92 Å². The van der Waals surface area contributed by atoms with Gasteiger partial charge in [-0.1, -0.05) is 32.0 Å². The van der Waals surface area contributed by atoms with Crippen LogP contribution in [0.1, 0.15) is 50.5 Å². The second-order valence-corrected chi connectivity index (χ2v) is 5.76. The molecule has 0 radical (unpaired) electrons. The Bertz CT molecular complexity index is 386. The van der Waals surface area contributed by atoms with Crippen molar-refractivity contribution in [2.75, 3.05) is 0 Å². The van der Waals surface area contributed by atoms with Crippen molar-refractivity contribution in [3.05, 3.63) is 35.4 Å². The Morgan fingerprint density at radius 2 is 1.82 bits per heavy atom. The van der Waals surface area contributed by atoms with Crippen molar-refractivity contribution in [2.24, 2.45) is 5.92 Å². The zero-order valence-electron chi connectivity index (χ0n) is 11.4. The van der Waals surface area contributed by atoms with Crippen LogP contribution in [0.25, 0.3) is 0 Å². The molecule has 2 nitrogen and oxygen atoms in total. The zero-order chi connectivity index (χ0) is 13.1. The molecule has 0 spiro atoms. The zero-order valence-corrected chi connectivity index (χ0v) is 11.4. The highest BCUT2D eigenvalue weighted by Gasteiger charge is 2.20. The van der Waals surface area contributed by atoms with Crippen LogP contribution in [0.2, 0.25) is 0 Å². The average molecular weight is 234 g/mol. The Morgan fingerprint density at radius 3 is 2.35 bits per heavy atom. The number of esters is 1. The van der Waals surface area contributed by atoms with Crippen molar-refractivity contribution in [3.63, 3.8) is 0 Å². The molecule has 0 aliphatic carbocycles. The van der Waals surface area contributed by atoms with E-state index in [-0.39, 0.29) is 5.97 Å². The largest absolute Gasteiger partial charge is 0.456 e. The van der Waals surface area contributed by atoms with Crippen LogP contribution in [0.5, 0.6) is 0 Å². The van der Waals surface area contributed by atoms with E-state index < -0.39 is 5.60 Å². The summed E-state index contributed by atoms with van der Waals surface area (Å²) in [6, 6.07) is 7.68. The van der Waals surface area contributed by atoms with Crippen LogP contribution < -0.4 is 0 Å². The molecule has 0 unspecified atom stereocenters. The molecule has 94 valence electrons. The summed E-state index contributed by atoms with van der Waals surface area (Å²) in [5.74, 6) is 0.298. The first kappa shape index (κ1) is 13.8. The maximum Gasteiger partial charge on any atom is 0.338 e.